The molecule has 1 aromatic heterocycles. The molecule has 0 aliphatic rings. The number of benzene rings is 1. The maximum Gasteiger partial charge on any atom is 0.271 e. The molecule has 0 saturated heterocycles. The van der Waals surface area contributed by atoms with Gasteiger partial charge in [0.2, 0.25) is 0 Å². The number of hydrogen-bond acceptors (Lipinski definition) is 4. The van der Waals surface area contributed by atoms with Crippen molar-refractivity contribution >= 4 is 17.5 Å². The molecule has 0 aliphatic carbocycles. The first kappa shape index (κ1) is 11.4. The predicted octanol–water partition coefficient (Wildman–Crippen LogP) is 1.23. The van der Waals surface area contributed by atoms with E-state index >= 15 is 0 Å². The zero-order chi connectivity index (χ0) is 12.4. The number of H-pyrrole nitrogens is 1. The van der Waals surface area contributed by atoms with Gasteiger partial charge in [-0.1, -0.05) is 23.7 Å². The van der Waals surface area contributed by atoms with Gasteiger partial charge in [0.25, 0.3) is 5.91 Å². The number of aromatic nitrogens is 3. The fourth-order valence-corrected chi connectivity index (χ4v) is 1.73. The number of primary amides is 1. The second-order valence-electron chi connectivity index (χ2n) is 3.21. The molecule has 0 radical (unpaired) electrons. The molecule has 0 saturated carbocycles. The van der Waals surface area contributed by atoms with Crippen LogP contribution in [0.3, 0.4) is 0 Å². The Morgan fingerprint density at radius 2 is 2.24 bits per heavy atom. The molecule has 3 N–H and O–H groups in total. The van der Waals surface area contributed by atoms with E-state index in [4.69, 9.17) is 22.1 Å². The molecule has 17 heavy (non-hydrogen) atoms. The molecule has 88 valence electrons. The number of amides is 1. The summed E-state index contributed by atoms with van der Waals surface area (Å²) in [4.78, 5) is 11.1. The van der Waals surface area contributed by atoms with Crippen molar-refractivity contribution < 1.29 is 9.53 Å². The smallest absolute Gasteiger partial charge is 0.271 e. The summed E-state index contributed by atoms with van der Waals surface area (Å²) < 4.78 is 5.08. The number of nitrogens with one attached hydrogen (secondary N) is 1. The van der Waals surface area contributed by atoms with Gasteiger partial charge in [-0.15, -0.1) is 0 Å². The zero-order valence-electron chi connectivity index (χ0n) is 8.90. The number of aromatic amines is 1. The molecule has 0 atom stereocenters. The van der Waals surface area contributed by atoms with Crippen LogP contribution in [0.4, 0.5) is 0 Å². The summed E-state index contributed by atoms with van der Waals surface area (Å²) in [5.74, 6) is -0.185. The number of nitrogens with two attached hydrogens (primary N) is 1. The molecule has 0 spiro atoms. The summed E-state index contributed by atoms with van der Waals surface area (Å²) in [5, 5.41) is 10.2. The highest BCUT2D eigenvalue weighted by Gasteiger charge is 2.18. The highest BCUT2D eigenvalue weighted by atomic mass is 35.5. The van der Waals surface area contributed by atoms with Gasteiger partial charge in [0.05, 0.1) is 12.1 Å². The monoisotopic (exact) mass is 252 g/mol. The fourth-order valence-electron chi connectivity index (χ4n) is 1.44. The number of rotatable bonds is 3. The number of carbonyl (C=O) groups excluding carboxylic acids is 1. The summed E-state index contributed by atoms with van der Waals surface area (Å²) >= 11 is 6.12. The molecule has 7 heteroatoms. The highest BCUT2D eigenvalue weighted by Crippen LogP contribution is 2.34. The first-order valence-corrected chi connectivity index (χ1v) is 5.06. The van der Waals surface area contributed by atoms with Crippen LogP contribution in [0.1, 0.15) is 10.5 Å². The standard InChI is InChI=1S/C10H9ClN4O2/c1-17-6-4-2-3-5(7(6)11)8-9(10(12)16)14-15-13-8/h2-4H,1H3,(H2,12,16)(H,13,14,15). The van der Waals surface area contributed by atoms with E-state index in [2.05, 4.69) is 15.4 Å². The summed E-state index contributed by atoms with van der Waals surface area (Å²) in [6, 6.07) is 5.14. The van der Waals surface area contributed by atoms with Crippen molar-refractivity contribution in [1.82, 2.24) is 15.4 Å². The molecule has 6 nitrogen and oxygen atoms in total. The van der Waals surface area contributed by atoms with E-state index in [0.717, 1.165) is 0 Å². The first-order valence-electron chi connectivity index (χ1n) is 4.68. The molecule has 1 aromatic carbocycles. The van der Waals surface area contributed by atoms with Crippen molar-refractivity contribution in [3.8, 4) is 17.0 Å². The van der Waals surface area contributed by atoms with Gasteiger partial charge < -0.3 is 10.5 Å². The molecular formula is C10H9ClN4O2. The average molecular weight is 253 g/mol. The number of carbonyl (C=O) groups is 1. The van der Waals surface area contributed by atoms with Gasteiger partial charge in [0, 0.05) is 5.56 Å². The Labute approximate surface area is 102 Å². The summed E-state index contributed by atoms with van der Waals surface area (Å²) in [5.41, 5.74) is 6.07. The lowest BCUT2D eigenvalue weighted by molar-refractivity contribution is 0.0996. The van der Waals surface area contributed by atoms with Crippen LogP contribution in [-0.2, 0) is 0 Å². The Balaban J connectivity index is 2.61. The second kappa shape index (κ2) is 4.42. The van der Waals surface area contributed by atoms with Gasteiger partial charge in [-0.2, -0.15) is 15.4 Å². The summed E-state index contributed by atoms with van der Waals surface area (Å²) in [7, 11) is 1.50. The van der Waals surface area contributed by atoms with Gasteiger partial charge >= 0.3 is 0 Å². The topological polar surface area (TPSA) is 93.9 Å². The largest absolute Gasteiger partial charge is 0.495 e. The van der Waals surface area contributed by atoms with Crippen LogP contribution in [0.2, 0.25) is 5.02 Å². The Morgan fingerprint density at radius 1 is 1.47 bits per heavy atom. The molecule has 1 amide bonds. The minimum atomic E-state index is -0.673. The van der Waals surface area contributed by atoms with Gasteiger partial charge in [-0.3, -0.25) is 4.79 Å². The lowest BCUT2D eigenvalue weighted by Gasteiger charge is -2.06. The molecule has 0 bridgehead atoms. The molecule has 1 heterocycles. The van der Waals surface area contributed by atoms with Crippen LogP contribution in [0.15, 0.2) is 18.2 Å². The van der Waals surface area contributed by atoms with E-state index in [1.54, 1.807) is 18.2 Å². The van der Waals surface area contributed by atoms with Crippen LogP contribution < -0.4 is 10.5 Å². The number of nitrogens with zero attached hydrogens (tertiary/aromatic N) is 2. The Morgan fingerprint density at radius 3 is 2.88 bits per heavy atom. The maximum absolute atomic E-state index is 11.1. The Bertz CT molecular complexity index is 567. The van der Waals surface area contributed by atoms with E-state index in [1.165, 1.54) is 7.11 Å². The van der Waals surface area contributed by atoms with Gasteiger partial charge in [0.15, 0.2) is 5.69 Å². The Kier molecular flexibility index (Phi) is 2.97. The predicted molar refractivity (Wildman–Crippen MR) is 61.9 cm³/mol. The van der Waals surface area contributed by atoms with Crippen molar-refractivity contribution in [2.24, 2.45) is 5.73 Å². The minimum absolute atomic E-state index is 0.0418. The molecule has 2 aromatic rings. The number of halogens is 1. The lowest BCUT2D eigenvalue weighted by atomic mass is 10.1. The third-order valence-corrected chi connectivity index (χ3v) is 2.61. The summed E-state index contributed by atoms with van der Waals surface area (Å²) in [6.45, 7) is 0. The van der Waals surface area contributed by atoms with Gasteiger partial charge in [-0.25, -0.2) is 0 Å². The second-order valence-corrected chi connectivity index (χ2v) is 3.58. The quantitative estimate of drug-likeness (QED) is 0.859. The highest BCUT2D eigenvalue weighted by molar-refractivity contribution is 6.34. The minimum Gasteiger partial charge on any atom is -0.495 e. The van der Waals surface area contributed by atoms with Crippen LogP contribution in [0, 0.1) is 0 Å². The van der Waals surface area contributed by atoms with Crippen molar-refractivity contribution in [1.29, 1.82) is 0 Å². The van der Waals surface area contributed by atoms with E-state index in [9.17, 15) is 4.79 Å². The number of hydrogen-bond donors (Lipinski definition) is 2. The number of ether oxygens (including phenoxy) is 1. The molecule has 0 fully saturated rings. The molecular weight excluding hydrogens is 244 g/mol. The lowest BCUT2D eigenvalue weighted by Crippen LogP contribution is -2.12. The van der Waals surface area contributed by atoms with Crippen molar-refractivity contribution in [3.05, 3.63) is 28.9 Å². The molecule has 0 unspecified atom stereocenters. The van der Waals surface area contributed by atoms with E-state index in [1.807, 2.05) is 0 Å². The first-order chi connectivity index (χ1) is 8.15. The Hall–Kier alpha value is -2.08. The normalized spacial score (nSPS) is 10.2. The number of methoxy groups -OCH3 is 1. The van der Waals surface area contributed by atoms with Crippen molar-refractivity contribution in [3.63, 3.8) is 0 Å². The average Bonchev–Trinajstić information content (AvgIpc) is 2.78. The van der Waals surface area contributed by atoms with Crippen LogP contribution in [0.5, 0.6) is 5.75 Å². The molecule has 2 rings (SSSR count). The third kappa shape index (κ3) is 1.94. The summed E-state index contributed by atoms with van der Waals surface area (Å²) in [6.07, 6.45) is 0. The van der Waals surface area contributed by atoms with Crippen LogP contribution in [0.25, 0.3) is 11.3 Å². The van der Waals surface area contributed by atoms with Crippen molar-refractivity contribution in [2.45, 2.75) is 0 Å². The van der Waals surface area contributed by atoms with Gasteiger partial charge in [0.1, 0.15) is 11.4 Å². The van der Waals surface area contributed by atoms with E-state index in [0.29, 0.717) is 22.0 Å². The van der Waals surface area contributed by atoms with Crippen LogP contribution in [-0.4, -0.2) is 28.4 Å². The van der Waals surface area contributed by atoms with Gasteiger partial charge in [-0.05, 0) is 6.07 Å². The third-order valence-electron chi connectivity index (χ3n) is 2.22. The van der Waals surface area contributed by atoms with Crippen LogP contribution >= 0.6 is 11.6 Å². The SMILES string of the molecule is COc1cccc(-c2n[nH]nc2C(N)=O)c1Cl. The van der Waals surface area contributed by atoms with E-state index < -0.39 is 5.91 Å². The zero-order valence-corrected chi connectivity index (χ0v) is 9.65. The fraction of sp³-hybridized carbons (Fsp3) is 0.100. The van der Waals surface area contributed by atoms with Crippen molar-refractivity contribution in [2.75, 3.05) is 7.11 Å². The van der Waals surface area contributed by atoms with E-state index in [-0.39, 0.29) is 5.69 Å². The molecule has 0 aliphatic heterocycles. The maximum atomic E-state index is 11.1.